The fourth-order valence-electron chi connectivity index (χ4n) is 2.13. The summed E-state index contributed by atoms with van der Waals surface area (Å²) in [4.78, 5) is 8.39. The molecule has 0 aliphatic carbocycles. The molecule has 0 spiro atoms. The van der Waals surface area contributed by atoms with Crippen LogP contribution in [0.4, 0.5) is 23.4 Å². The number of anilines is 1. The van der Waals surface area contributed by atoms with Crippen molar-refractivity contribution in [2.24, 2.45) is 0 Å². The fourth-order valence-corrected chi connectivity index (χ4v) is 2.13. The van der Waals surface area contributed by atoms with Crippen LogP contribution in [0.15, 0.2) is 42.9 Å². The topological polar surface area (TPSA) is 42.2 Å². The first-order chi connectivity index (χ1) is 10.9. The number of hydrogen-bond acceptors (Lipinski definition) is 3. The quantitative estimate of drug-likeness (QED) is 0.740. The molecular weight excluding hydrogens is 312 g/mol. The average Bonchev–Trinajstić information content (AvgIpc) is 2.95. The molecule has 2 aromatic heterocycles. The number of aromatic nitrogens is 3. The van der Waals surface area contributed by atoms with E-state index < -0.39 is 12.6 Å². The summed E-state index contributed by atoms with van der Waals surface area (Å²) in [5, 5.41) is 2.66. The number of alkyl halides is 3. The molecule has 0 saturated heterocycles. The lowest BCUT2D eigenvalue weighted by Crippen LogP contribution is -2.15. The summed E-state index contributed by atoms with van der Waals surface area (Å²) in [5.74, 6) is -0.123. The lowest BCUT2D eigenvalue weighted by Gasteiger charge is -2.11. The summed E-state index contributed by atoms with van der Waals surface area (Å²) in [7, 11) is 0. The Morgan fingerprint density at radius 2 is 1.87 bits per heavy atom. The highest BCUT2D eigenvalue weighted by Gasteiger charge is 2.26. The van der Waals surface area contributed by atoms with Crippen LogP contribution in [0.25, 0.3) is 16.9 Å². The van der Waals surface area contributed by atoms with E-state index in [2.05, 4.69) is 15.3 Å². The zero-order chi connectivity index (χ0) is 16.4. The van der Waals surface area contributed by atoms with Gasteiger partial charge in [-0.3, -0.25) is 0 Å². The van der Waals surface area contributed by atoms with Crippen LogP contribution < -0.4 is 5.32 Å². The number of fused-ring (bicyclic) bond motifs is 1. The van der Waals surface area contributed by atoms with Crippen LogP contribution in [0.2, 0.25) is 0 Å². The second kappa shape index (κ2) is 5.86. The van der Waals surface area contributed by atoms with Crippen molar-refractivity contribution in [3.05, 3.63) is 48.7 Å². The first-order valence-corrected chi connectivity index (χ1v) is 6.83. The van der Waals surface area contributed by atoms with Crippen molar-refractivity contribution in [3.8, 4) is 11.3 Å². The molecule has 1 N–H and O–H groups in total. The summed E-state index contributed by atoms with van der Waals surface area (Å²) in [6, 6.07) is 5.71. The van der Waals surface area contributed by atoms with E-state index in [-0.39, 0.29) is 18.2 Å². The van der Waals surface area contributed by atoms with Crippen LogP contribution in [0.1, 0.15) is 6.42 Å². The predicted molar refractivity (Wildman–Crippen MR) is 77.5 cm³/mol. The van der Waals surface area contributed by atoms with Crippen LogP contribution in [0, 0.1) is 5.82 Å². The molecule has 4 nitrogen and oxygen atoms in total. The molecule has 3 rings (SSSR count). The van der Waals surface area contributed by atoms with Crippen molar-refractivity contribution in [2.75, 3.05) is 11.9 Å². The van der Waals surface area contributed by atoms with Crippen LogP contribution >= 0.6 is 0 Å². The highest BCUT2D eigenvalue weighted by Crippen LogP contribution is 2.23. The summed E-state index contributed by atoms with van der Waals surface area (Å²) in [5.41, 5.74) is 1.59. The second-order valence-corrected chi connectivity index (χ2v) is 4.93. The summed E-state index contributed by atoms with van der Waals surface area (Å²) in [6.45, 7) is -0.300. The van der Waals surface area contributed by atoms with E-state index in [9.17, 15) is 17.6 Å². The maximum absolute atomic E-state index is 13.0. The van der Waals surface area contributed by atoms with Gasteiger partial charge in [0.2, 0.25) is 0 Å². The zero-order valence-electron chi connectivity index (χ0n) is 11.8. The summed E-state index contributed by atoms with van der Waals surface area (Å²) >= 11 is 0. The molecule has 0 atom stereocenters. The molecule has 0 aliphatic rings. The molecule has 8 heteroatoms. The molecule has 0 aliphatic heterocycles. The lowest BCUT2D eigenvalue weighted by atomic mass is 10.1. The van der Waals surface area contributed by atoms with Crippen molar-refractivity contribution >= 4 is 11.5 Å². The number of hydrogen-bond donors (Lipinski definition) is 1. The van der Waals surface area contributed by atoms with Gasteiger partial charge in [-0.05, 0) is 24.3 Å². The first-order valence-electron chi connectivity index (χ1n) is 6.83. The average molecular weight is 324 g/mol. The lowest BCUT2D eigenvalue weighted by molar-refractivity contribution is -0.131. The van der Waals surface area contributed by atoms with Gasteiger partial charge in [-0.1, -0.05) is 0 Å². The SMILES string of the molecule is Fc1ccc(-c2cn3ccnc3c(NCCC(F)(F)F)n2)cc1. The molecule has 2 heterocycles. The number of benzene rings is 1. The van der Waals surface area contributed by atoms with E-state index in [1.54, 1.807) is 28.9 Å². The molecule has 0 amide bonds. The standard InChI is InChI=1S/C15H12F4N4/c16-11-3-1-10(2-4-11)12-9-23-8-7-21-14(23)13(22-12)20-6-5-15(17,18)19/h1-4,7-9H,5-6H2,(H,20,22). The second-order valence-electron chi connectivity index (χ2n) is 4.93. The van der Waals surface area contributed by atoms with Crippen LogP contribution in [-0.2, 0) is 0 Å². The number of rotatable bonds is 4. The normalized spacial score (nSPS) is 11.8. The summed E-state index contributed by atoms with van der Waals surface area (Å²) < 4.78 is 51.5. The van der Waals surface area contributed by atoms with E-state index in [4.69, 9.17) is 0 Å². The van der Waals surface area contributed by atoms with Crippen molar-refractivity contribution in [1.29, 1.82) is 0 Å². The molecule has 0 saturated carbocycles. The largest absolute Gasteiger partial charge is 0.390 e. The van der Waals surface area contributed by atoms with Crippen molar-refractivity contribution < 1.29 is 17.6 Å². The van der Waals surface area contributed by atoms with Gasteiger partial charge in [0.05, 0.1) is 12.1 Å². The van der Waals surface area contributed by atoms with Crippen molar-refractivity contribution in [3.63, 3.8) is 0 Å². The predicted octanol–water partition coefficient (Wildman–Crippen LogP) is 3.90. The molecular formula is C15H12F4N4. The number of imidazole rings is 1. The van der Waals surface area contributed by atoms with Crippen molar-refractivity contribution in [1.82, 2.24) is 14.4 Å². The fraction of sp³-hybridized carbons (Fsp3) is 0.200. The Bertz CT molecular complexity index is 808. The Labute approximate surface area is 128 Å². The van der Waals surface area contributed by atoms with Gasteiger partial charge in [0.15, 0.2) is 11.5 Å². The molecule has 120 valence electrons. The first kappa shape index (κ1) is 15.3. The number of nitrogens with zero attached hydrogens (tertiary/aromatic N) is 3. The number of halogens is 4. The van der Waals surface area contributed by atoms with Crippen molar-refractivity contribution in [2.45, 2.75) is 12.6 Å². The molecule has 0 unspecified atom stereocenters. The minimum absolute atomic E-state index is 0.251. The Balaban J connectivity index is 1.93. The summed E-state index contributed by atoms with van der Waals surface area (Å²) in [6.07, 6.45) is -0.334. The van der Waals surface area contributed by atoms with E-state index in [1.807, 2.05) is 0 Å². The monoisotopic (exact) mass is 324 g/mol. The Kier molecular flexibility index (Phi) is 3.89. The molecule has 0 fully saturated rings. The van der Waals surface area contributed by atoms with Gasteiger partial charge >= 0.3 is 6.18 Å². The van der Waals surface area contributed by atoms with Gasteiger partial charge in [0, 0.05) is 30.7 Å². The minimum Gasteiger partial charge on any atom is -0.367 e. The minimum atomic E-state index is -4.24. The molecule has 23 heavy (non-hydrogen) atoms. The maximum Gasteiger partial charge on any atom is 0.390 e. The Morgan fingerprint density at radius 1 is 1.13 bits per heavy atom. The molecule has 1 aromatic carbocycles. The van der Waals surface area contributed by atoms with E-state index in [0.29, 0.717) is 16.9 Å². The zero-order valence-corrected chi connectivity index (χ0v) is 11.8. The molecule has 0 bridgehead atoms. The maximum atomic E-state index is 13.0. The Hall–Kier alpha value is -2.64. The molecule has 0 radical (unpaired) electrons. The van der Waals surface area contributed by atoms with Crippen LogP contribution in [0.5, 0.6) is 0 Å². The van der Waals surface area contributed by atoms with Gasteiger partial charge in [0.1, 0.15) is 5.82 Å². The highest BCUT2D eigenvalue weighted by molar-refractivity contribution is 5.69. The van der Waals surface area contributed by atoms with E-state index in [0.717, 1.165) is 0 Å². The number of nitrogens with one attached hydrogen (secondary N) is 1. The van der Waals surface area contributed by atoms with E-state index in [1.165, 1.54) is 18.3 Å². The molecule has 3 aromatic rings. The van der Waals surface area contributed by atoms with Crippen LogP contribution in [-0.4, -0.2) is 27.1 Å². The van der Waals surface area contributed by atoms with Gasteiger partial charge in [-0.15, -0.1) is 0 Å². The van der Waals surface area contributed by atoms with Gasteiger partial charge in [-0.25, -0.2) is 14.4 Å². The third kappa shape index (κ3) is 3.58. The Morgan fingerprint density at radius 3 is 2.57 bits per heavy atom. The smallest absolute Gasteiger partial charge is 0.367 e. The van der Waals surface area contributed by atoms with E-state index >= 15 is 0 Å². The highest BCUT2D eigenvalue weighted by atomic mass is 19.4. The van der Waals surface area contributed by atoms with Gasteiger partial charge in [-0.2, -0.15) is 13.2 Å². The van der Waals surface area contributed by atoms with Crippen LogP contribution in [0.3, 0.4) is 0 Å². The van der Waals surface area contributed by atoms with Gasteiger partial charge in [0.25, 0.3) is 0 Å². The van der Waals surface area contributed by atoms with Gasteiger partial charge < -0.3 is 9.72 Å². The third-order valence-electron chi connectivity index (χ3n) is 3.21. The third-order valence-corrected chi connectivity index (χ3v) is 3.21.